The Hall–Kier alpha value is -1.84. The van der Waals surface area contributed by atoms with Crippen LogP contribution in [0.3, 0.4) is 0 Å². The normalized spacial score (nSPS) is 15.6. The zero-order valence-corrected chi connectivity index (χ0v) is 13.0. The molecule has 22 heavy (non-hydrogen) atoms. The summed E-state index contributed by atoms with van der Waals surface area (Å²) in [6.45, 7) is 5.77. The monoisotopic (exact) mass is 298 g/mol. The molecule has 0 saturated carbocycles. The summed E-state index contributed by atoms with van der Waals surface area (Å²) in [6.07, 6.45) is 0.971. The van der Waals surface area contributed by atoms with E-state index in [-0.39, 0.29) is 0 Å². The van der Waals surface area contributed by atoms with Crippen molar-refractivity contribution in [3.63, 3.8) is 0 Å². The van der Waals surface area contributed by atoms with Crippen LogP contribution in [0.5, 0.6) is 5.75 Å². The number of quaternary nitrogens is 1. The van der Waals surface area contributed by atoms with E-state index in [1.807, 2.05) is 0 Å². The molecule has 0 bridgehead atoms. The largest absolute Gasteiger partial charge is 0.488 e. The van der Waals surface area contributed by atoms with Crippen molar-refractivity contribution in [2.24, 2.45) is 0 Å². The SMILES string of the molecule is c1ccc(Cc2ccc(OCC[NH+]3CCOCC3)cc2)cc1. The van der Waals surface area contributed by atoms with Gasteiger partial charge in [0.05, 0.1) is 13.2 Å². The van der Waals surface area contributed by atoms with E-state index in [1.165, 1.54) is 11.1 Å². The molecule has 0 aromatic heterocycles. The molecule has 116 valence electrons. The van der Waals surface area contributed by atoms with Crippen molar-refractivity contribution in [2.45, 2.75) is 6.42 Å². The van der Waals surface area contributed by atoms with E-state index >= 15 is 0 Å². The fourth-order valence-corrected chi connectivity index (χ4v) is 2.76. The van der Waals surface area contributed by atoms with Gasteiger partial charge in [0.25, 0.3) is 0 Å². The van der Waals surface area contributed by atoms with Crippen molar-refractivity contribution < 1.29 is 14.4 Å². The maximum atomic E-state index is 5.85. The smallest absolute Gasteiger partial charge is 0.137 e. The van der Waals surface area contributed by atoms with Crippen LogP contribution in [0.2, 0.25) is 0 Å². The molecule has 0 aliphatic carbocycles. The summed E-state index contributed by atoms with van der Waals surface area (Å²) in [5.41, 5.74) is 2.66. The molecule has 1 saturated heterocycles. The van der Waals surface area contributed by atoms with Gasteiger partial charge in [-0.25, -0.2) is 0 Å². The first-order chi connectivity index (χ1) is 10.9. The molecule has 0 amide bonds. The Labute approximate surface area is 132 Å². The summed E-state index contributed by atoms with van der Waals surface area (Å²) >= 11 is 0. The van der Waals surface area contributed by atoms with Crippen LogP contribution in [0.15, 0.2) is 54.6 Å². The van der Waals surface area contributed by atoms with Gasteiger partial charge in [-0.3, -0.25) is 0 Å². The van der Waals surface area contributed by atoms with E-state index in [1.54, 1.807) is 4.90 Å². The minimum absolute atomic E-state index is 0.771. The van der Waals surface area contributed by atoms with Gasteiger partial charge in [0, 0.05) is 0 Å². The van der Waals surface area contributed by atoms with Gasteiger partial charge in [-0.1, -0.05) is 42.5 Å². The lowest BCUT2D eigenvalue weighted by atomic mass is 10.1. The summed E-state index contributed by atoms with van der Waals surface area (Å²) in [7, 11) is 0. The van der Waals surface area contributed by atoms with Gasteiger partial charge in [0.2, 0.25) is 0 Å². The van der Waals surface area contributed by atoms with Crippen LogP contribution >= 0.6 is 0 Å². The second-order valence-corrected chi connectivity index (χ2v) is 5.77. The quantitative estimate of drug-likeness (QED) is 0.875. The number of hydrogen-bond acceptors (Lipinski definition) is 2. The minimum Gasteiger partial charge on any atom is -0.488 e. The highest BCUT2D eigenvalue weighted by Gasteiger charge is 2.13. The summed E-state index contributed by atoms with van der Waals surface area (Å²) in [5, 5.41) is 0. The Morgan fingerprint density at radius 3 is 2.27 bits per heavy atom. The Balaban J connectivity index is 1.45. The maximum absolute atomic E-state index is 5.85. The molecule has 2 aromatic rings. The molecule has 3 rings (SSSR count). The number of rotatable bonds is 6. The fourth-order valence-electron chi connectivity index (χ4n) is 2.76. The molecule has 0 unspecified atom stereocenters. The average Bonchev–Trinajstić information content (AvgIpc) is 2.58. The van der Waals surface area contributed by atoms with Crippen molar-refractivity contribution >= 4 is 0 Å². The summed E-state index contributed by atoms with van der Waals surface area (Å²) in [4.78, 5) is 1.58. The van der Waals surface area contributed by atoms with E-state index in [0.29, 0.717) is 0 Å². The Kier molecular flexibility index (Phi) is 5.46. The van der Waals surface area contributed by atoms with Gasteiger partial charge in [0.15, 0.2) is 0 Å². The first kappa shape index (κ1) is 15.1. The summed E-state index contributed by atoms with van der Waals surface area (Å²) < 4.78 is 11.2. The van der Waals surface area contributed by atoms with E-state index in [9.17, 15) is 0 Å². The molecule has 1 fully saturated rings. The zero-order chi connectivity index (χ0) is 15.0. The standard InChI is InChI=1S/C19H23NO2/c1-2-4-17(5-3-1)16-18-6-8-19(9-7-18)22-15-12-20-10-13-21-14-11-20/h1-9H,10-16H2/p+1. The molecule has 1 heterocycles. The lowest BCUT2D eigenvalue weighted by Crippen LogP contribution is -3.14. The van der Waals surface area contributed by atoms with E-state index < -0.39 is 0 Å². The predicted molar refractivity (Wildman–Crippen MR) is 87.6 cm³/mol. The average molecular weight is 298 g/mol. The minimum atomic E-state index is 0.771. The first-order valence-corrected chi connectivity index (χ1v) is 8.07. The second kappa shape index (κ2) is 7.97. The van der Waals surface area contributed by atoms with Crippen molar-refractivity contribution in [1.29, 1.82) is 0 Å². The number of ether oxygens (including phenoxy) is 2. The molecule has 0 atom stereocenters. The highest BCUT2D eigenvalue weighted by molar-refractivity contribution is 5.31. The lowest BCUT2D eigenvalue weighted by molar-refractivity contribution is -0.908. The van der Waals surface area contributed by atoms with Gasteiger partial charge >= 0.3 is 0 Å². The van der Waals surface area contributed by atoms with Crippen LogP contribution in [0.4, 0.5) is 0 Å². The van der Waals surface area contributed by atoms with Gasteiger partial charge in [-0.2, -0.15) is 0 Å². The van der Waals surface area contributed by atoms with Gasteiger partial charge in [-0.05, 0) is 29.7 Å². The Morgan fingerprint density at radius 2 is 1.55 bits per heavy atom. The molecule has 3 nitrogen and oxygen atoms in total. The number of nitrogens with one attached hydrogen (secondary N) is 1. The highest BCUT2D eigenvalue weighted by Crippen LogP contribution is 2.15. The van der Waals surface area contributed by atoms with Crippen LogP contribution in [0, 0.1) is 0 Å². The van der Waals surface area contributed by atoms with Crippen molar-refractivity contribution in [3.05, 3.63) is 65.7 Å². The maximum Gasteiger partial charge on any atom is 0.137 e. The number of hydrogen-bond donors (Lipinski definition) is 1. The fraction of sp³-hybridized carbons (Fsp3) is 0.368. The van der Waals surface area contributed by atoms with E-state index in [4.69, 9.17) is 9.47 Å². The van der Waals surface area contributed by atoms with Gasteiger partial charge in [-0.15, -0.1) is 0 Å². The van der Waals surface area contributed by atoms with Crippen LogP contribution in [-0.2, 0) is 11.2 Å². The van der Waals surface area contributed by atoms with Crippen molar-refractivity contribution in [1.82, 2.24) is 0 Å². The molecule has 0 spiro atoms. The summed E-state index contributed by atoms with van der Waals surface area (Å²) in [6, 6.07) is 19.0. The predicted octanol–water partition coefficient (Wildman–Crippen LogP) is 1.57. The lowest BCUT2D eigenvalue weighted by Gasteiger charge is -2.23. The molecular formula is C19H24NO2+. The molecule has 0 radical (unpaired) electrons. The van der Waals surface area contributed by atoms with Gasteiger partial charge in [0.1, 0.15) is 32.0 Å². The van der Waals surface area contributed by atoms with Crippen LogP contribution < -0.4 is 9.64 Å². The van der Waals surface area contributed by atoms with E-state index in [0.717, 1.165) is 51.6 Å². The zero-order valence-electron chi connectivity index (χ0n) is 13.0. The Morgan fingerprint density at radius 1 is 0.864 bits per heavy atom. The van der Waals surface area contributed by atoms with Gasteiger partial charge < -0.3 is 14.4 Å². The first-order valence-electron chi connectivity index (χ1n) is 8.07. The van der Waals surface area contributed by atoms with Crippen molar-refractivity contribution in [2.75, 3.05) is 39.5 Å². The van der Waals surface area contributed by atoms with Crippen molar-refractivity contribution in [3.8, 4) is 5.75 Å². The Bertz CT molecular complexity index is 547. The van der Waals surface area contributed by atoms with E-state index in [2.05, 4.69) is 54.6 Å². The summed E-state index contributed by atoms with van der Waals surface area (Å²) in [5.74, 6) is 0.962. The van der Waals surface area contributed by atoms with Crippen LogP contribution in [0.1, 0.15) is 11.1 Å². The second-order valence-electron chi connectivity index (χ2n) is 5.77. The molecule has 1 aliphatic heterocycles. The molecule has 3 heteroatoms. The third kappa shape index (κ3) is 4.58. The number of morpholine rings is 1. The third-order valence-electron chi connectivity index (χ3n) is 4.10. The topological polar surface area (TPSA) is 22.9 Å². The highest BCUT2D eigenvalue weighted by atomic mass is 16.5. The molecule has 1 N–H and O–H groups in total. The third-order valence-corrected chi connectivity index (χ3v) is 4.10. The molecule has 1 aliphatic rings. The van der Waals surface area contributed by atoms with Crippen LogP contribution in [-0.4, -0.2) is 39.5 Å². The molecular weight excluding hydrogens is 274 g/mol. The van der Waals surface area contributed by atoms with Crippen LogP contribution in [0.25, 0.3) is 0 Å². The number of benzene rings is 2. The molecule has 2 aromatic carbocycles.